The van der Waals surface area contributed by atoms with Crippen molar-refractivity contribution in [3.05, 3.63) is 65.9 Å². The first kappa shape index (κ1) is 17.4. The summed E-state index contributed by atoms with van der Waals surface area (Å²) in [6, 6.07) is 9.72. The standard InChI is InChI=1S/C20H18FN3O3/c1-26-19-5-3-14(11-23-19)20(25)24-6-7-27-18(12-24)17-9-15-8-16(21)4-2-13(15)10-22-17/h2-5,8-11,18H,6-7,12H2,1H3. The average molecular weight is 367 g/mol. The van der Waals surface area contributed by atoms with Crippen molar-refractivity contribution in [3.8, 4) is 5.88 Å². The molecule has 1 aliphatic rings. The average Bonchev–Trinajstić information content (AvgIpc) is 2.73. The molecule has 27 heavy (non-hydrogen) atoms. The van der Waals surface area contributed by atoms with Gasteiger partial charge in [0, 0.05) is 30.4 Å². The summed E-state index contributed by atoms with van der Waals surface area (Å²) in [4.78, 5) is 23.0. The zero-order valence-corrected chi connectivity index (χ0v) is 14.8. The van der Waals surface area contributed by atoms with Crippen LogP contribution in [0.25, 0.3) is 10.8 Å². The fraction of sp³-hybridized carbons (Fsp3) is 0.250. The van der Waals surface area contributed by atoms with E-state index in [1.165, 1.54) is 25.4 Å². The van der Waals surface area contributed by atoms with Crippen molar-refractivity contribution in [2.24, 2.45) is 0 Å². The third-order valence-electron chi connectivity index (χ3n) is 4.58. The minimum atomic E-state index is -0.360. The molecule has 1 fully saturated rings. The highest BCUT2D eigenvalue weighted by molar-refractivity contribution is 5.94. The van der Waals surface area contributed by atoms with Gasteiger partial charge in [-0.05, 0) is 35.7 Å². The number of rotatable bonds is 3. The first-order valence-electron chi connectivity index (χ1n) is 8.60. The lowest BCUT2D eigenvalue weighted by atomic mass is 10.1. The molecule has 7 heteroatoms. The van der Waals surface area contributed by atoms with Gasteiger partial charge in [-0.1, -0.05) is 0 Å². The number of ether oxygens (including phenoxy) is 2. The Morgan fingerprint density at radius 1 is 1.19 bits per heavy atom. The molecule has 0 spiro atoms. The quantitative estimate of drug-likeness (QED) is 0.712. The number of morpholine rings is 1. The summed E-state index contributed by atoms with van der Waals surface area (Å²) in [5.74, 6) is 0.0392. The zero-order chi connectivity index (χ0) is 18.8. The normalized spacial score (nSPS) is 17.1. The molecule has 4 rings (SSSR count). The van der Waals surface area contributed by atoms with Crippen molar-refractivity contribution in [3.63, 3.8) is 0 Å². The monoisotopic (exact) mass is 367 g/mol. The SMILES string of the molecule is COc1ccc(C(=O)N2CCOC(c3cc4cc(F)ccc4cn3)C2)cn1. The highest BCUT2D eigenvalue weighted by Crippen LogP contribution is 2.25. The first-order chi connectivity index (χ1) is 13.1. The predicted molar refractivity (Wildman–Crippen MR) is 97.1 cm³/mol. The summed E-state index contributed by atoms with van der Waals surface area (Å²) in [6.45, 7) is 1.27. The molecule has 6 nitrogen and oxygen atoms in total. The molecule has 0 aliphatic carbocycles. The van der Waals surface area contributed by atoms with Gasteiger partial charge in [-0.3, -0.25) is 9.78 Å². The van der Waals surface area contributed by atoms with Gasteiger partial charge >= 0.3 is 0 Å². The van der Waals surface area contributed by atoms with Crippen LogP contribution in [-0.2, 0) is 4.74 Å². The largest absolute Gasteiger partial charge is 0.481 e. The number of fused-ring (bicyclic) bond motifs is 1. The van der Waals surface area contributed by atoms with E-state index in [0.717, 1.165) is 10.8 Å². The predicted octanol–water partition coefficient (Wildman–Crippen LogP) is 2.99. The van der Waals surface area contributed by atoms with Gasteiger partial charge in [0.25, 0.3) is 5.91 Å². The van der Waals surface area contributed by atoms with E-state index in [2.05, 4.69) is 9.97 Å². The second-order valence-corrected chi connectivity index (χ2v) is 6.30. The second-order valence-electron chi connectivity index (χ2n) is 6.30. The molecule has 138 valence electrons. The summed E-state index contributed by atoms with van der Waals surface area (Å²) < 4.78 is 24.3. The molecule has 1 aliphatic heterocycles. The number of carbonyl (C=O) groups excluding carboxylic acids is 1. The Kier molecular flexibility index (Phi) is 4.68. The molecule has 3 heterocycles. The van der Waals surface area contributed by atoms with Gasteiger partial charge < -0.3 is 14.4 Å². The number of aromatic nitrogens is 2. The van der Waals surface area contributed by atoms with E-state index in [-0.39, 0.29) is 17.8 Å². The number of amides is 1. The molecular formula is C20H18FN3O3. The van der Waals surface area contributed by atoms with E-state index in [1.54, 1.807) is 29.3 Å². The van der Waals surface area contributed by atoms with Crippen LogP contribution in [0.3, 0.4) is 0 Å². The van der Waals surface area contributed by atoms with Crippen LogP contribution in [0.2, 0.25) is 0 Å². The van der Waals surface area contributed by atoms with Crippen molar-refractivity contribution in [2.45, 2.75) is 6.10 Å². The maximum absolute atomic E-state index is 13.5. The first-order valence-corrected chi connectivity index (χ1v) is 8.60. The van der Waals surface area contributed by atoms with Crippen LogP contribution in [0.15, 0.2) is 48.8 Å². The minimum absolute atomic E-state index is 0.120. The van der Waals surface area contributed by atoms with Gasteiger partial charge in [0.05, 0.1) is 31.5 Å². The van der Waals surface area contributed by atoms with Crippen molar-refractivity contribution < 1.29 is 18.7 Å². The molecule has 0 saturated carbocycles. The topological polar surface area (TPSA) is 64.5 Å². The summed E-state index contributed by atoms with van der Waals surface area (Å²) in [5, 5.41) is 1.61. The molecular weight excluding hydrogens is 349 g/mol. The number of halogens is 1. The number of methoxy groups -OCH3 is 1. The number of hydrogen-bond donors (Lipinski definition) is 0. The summed E-state index contributed by atoms with van der Waals surface area (Å²) in [6.07, 6.45) is 2.84. The Bertz CT molecular complexity index is 978. The lowest BCUT2D eigenvalue weighted by Gasteiger charge is -2.32. The Morgan fingerprint density at radius 3 is 2.85 bits per heavy atom. The molecule has 1 atom stereocenters. The van der Waals surface area contributed by atoms with Gasteiger partial charge in [0.1, 0.15) is 11.9 Å². The molecule has 0 bridgehead atoms. The second kappa shape index (κ2) is 7.28. The third kappa shape index (κ3) is 3.59. The van der Waals surface area contributed by atoms with E-state index in [1.807, 2.05) is 6.07 Å². The van der Waals surface area contributed by atoms with E-state index < -0.39 is 0 Å². The summed E-state index contributed by atoms with van der Waals surface area (Å²) in [7, 11) is 1.53. The van der Waals surface area contributed by atoms with Crippen LogP contribution in [-0.4, -0.2) is 47.6 Å². The van der Waals surface area contributed by atoms with E-state index >= 15 is 0 Å². The van der Waals surface area contributed by atoms with Crippen molar-refractivity contribution in [1.29, 1.82) is 0 Å². The Morgan fingerprint density at radius 2 is 2.07 bits per heavy atom. The highest BCUT2D eigenvalue weighted by Gasteiger charge is 2.27. The molecule has 2 aromatic heterocycles. The lowest BCUT2D eigenvalue weighted by molar-refractivity contribution is -0.0246. The number of pyridine rings is 2. The van der Waals surface area contributed by atoms with Crippen molar-refractivity contribution in [2.75, 3.05) is 26.8 Å². The smallest absolute Gasteiger partial charge is 0.255 e. The number of benzene rings is 1. The molecule has 1 amide bonds. The summed E-state index contributed by atoms with van der Waals surface area (Å²) >= 11 is 0. The van der Waals surface area contributed by atoms with E-state index in [9.17, 15) is 9.18 Å². The Hall–Kier alpha value is -3.06. The molecule has 0 radical (unpaired) electrons. The maximum atomic E-state index is 13.5. The van der Waals surface area contributed by atoms with Crippen LogP contribution >= 0.6 is 0 Å². The lowest BCUT2D eigenvalue weighted by Crippen LogP contribution is -2.42. The minimum Gasteiger partial charge on any atom is -0.481 e. The number of hydrogen-bond acceptors (Lipinski definition) is 5. The fourth-order valence-electron chi connectivity index (χ4n) is 3.13. The van der Waals surface area contributed by atoms with Crippen LogP contribution < -0.4 is 4.74 Å². The van der Waals surface area contributed by atoms with Crippen molar-refractivity contribution in [1.82, 2.24) is 14.9 Å². The fourth-order valence-corrected chi connectivity index (χ4v) is 3.13. The van der Waals surface area contributed by atoms with Crippen LogP contribution in [0.1, 0.15) is 22.2 Å². The molecule has 3 aromatic rings. The molecule has 1 aromatic carbocycles. The molecule has 1 saturated heterocycles. The van der Waals surface area contributed by atoms with Gasteiger partial charge in [0.2, 0.25) is 5.88 Å². The maximum Gasteiger partial charge on any atom is 0.255 e. The van der Waals surface area contributed by atoms with Crippen LogP contribution in [0, 0.1) is 5.82 Å². The van der Waals surface area contributed by atoms with Crippen LogP contribution in [0.5, 0.6) is 5.88 Å². The van der Waals surface area contributed by atoms with E-state index in [4.69, 9.17) is 9.47 Å². The number of nitrogens with zero attached hydrogens (tertiary/aromatic N) is 3. The molecule has 1 unspecified atom stereocenters. The van der Waals surface area contributed by atoms with Gasteiger partial charge in [-0.15, -0.1) is 0 Å². The third-order valence-corrected chi connectivity index (χ3v) is 4.58. The van der Waals surface area contributed by atoms with Gasteiger partial charge in [0.15, 0.2) is 0 Å². The van der Waals surface area contributed by atoms with Gasteiger partial charge in [-0.25, -0.2) is 9.37 Å². The molecule has 0 N–H and O–H groups in total. The Labute approximate surface area is 155 Å². The number of carbonyl (C=O) groups is 1. The van der Waals surface area contributed by atoms with Gasteiger partial charge in [-0.2, -0.15) is 0 Å². The zero-order valence-electron chi connectivity index (χ0n) is 14.8. The summed E-state index contributed by atoms with van der Waals surface area (Å²) in [5.41, 5.74) is 1.17. The van der Waals surface area contributed by atoms with Crippen LogP contribution in [0.4, 0.5) is 4.39 Å². The Balaban J connectivity index is 1.54. The highest BCUT2D eigenvalue weighted by atomic mass is 19.1. The van der Waals surface area contributed by atoms with Crippen molar-refractivity contribution >= 4 is 16.7 Å². The van der Waals surface area contributed by atoms with E-state index in [0.29, 0.717) is 36.8 Å².